The SMILES string of the molecule is CCC(C)N1C(N)=NCC12CCOC2. The van der Waals surface area contributed by atoms with E-state index in [1.807, 2.05) is 0 Å². The van der Waals surface area contributed by atoms with Gasteiger partial charge in [-0.05, 0) is 19.8 Å². The van der Waals surface area contributed by atoms with Crippen molar-refractivity contribution in [3.8, 4) is 0 Å². The molecule has 2 aliphatic heterocycles. The van der Waals surface area contributed by atoms with E-state index in [9.17, 15) is 0 Å². The van der Waals surface area contributed by atoms with Gasteiger partial charge in [-0.2, -0.15) is 0 Å². The number of ether oxygens (including phenoxy) is 1. The molecule has 2 aliphatic rings. The molecule has 0 amide bonds. The molecule has 2 heterocycles. The molecule has 2 unspecified atom stereocenters. The Bertz CT molecular complexity index is 246. The van der Waals surface area contributed by atoms with Gasteiger partial charge in [0.2, 0.25) is 0 Å². The van der Waals surface area contributed by atoms with Gasteiger partial charge in [-0.15, -0.1) is 0 Å². The van der Waals surface area contributed by atoms with E-state index in [1.54, 1.807) is 0 Å². The zero-order valence-corrected chi connectivity index (χ0v) is 8.99. The molecule has 0 aliphatic carbocycles. The van der Waals surface area contributed by atoms with Crippen molar-refractivity contribution in [2.75, 3.05) is 19.8 Å². The minimum absolute atomic E-state index is 0.0828. The summed E-state index contributed by atoms with van der Waals surface area (Å²) in [5.41, 5.74) is 6.01. The molecule has 2 atom stereocenters. The standard InChI is InChI=1S/C10H19N3O/c1-3-8(2)13-9(11)12-6-10(13)4-5-14-7-10/h8H,3-7H2,1-2H3,(H2,11,12). The first kappa shape index (κ1) is 9.77. The highest BCUT2D eigenvalue weighted by Gasteiger charge is 2.46. The number of nitrogens with two attached hydrogens (primary N) is 1. The van der Waals surface area contributed by atoms with Gasteiger partial charge in [-0.1, -0.05) is 6.92 Å². The number of aliphatic imine (C=N–C) groups is 1. The van der Waals surface area contributed by atoms with Gasteiger partial charge in [0.15, 0.2) is 5.96 Å². The van der Waals surface area contributed by atoms with Gasteiger partial charge in [0.05, 0.1) is 18.7 Å². The van der Waals surface area contributed by atoms with Crippen LogP contribution in [-0.4, -0.2) is 42.2 Å². The third kappa shape index (κ3) is 1.29. The van der Waals surface area contributed by atoms with E-state index in [0.29, 0.717) is 12.0 Å². The number of hydrogen-bond acceptors (Lipinski definition) is 4. The highest BCUT2D eigenvalue weighted by molar-refractivity contribution is 5.81. The lowest BCUT2D eigenvalue weighted by atomic mass is 9.95. The molecule has 0 aromatic carbocycles. The molecule has 0 aromatic rings. The Morgan fingerprint density at radius 2 is 2.50 bits per heavy atom. The Hall–Kier alpha value is -0.770. The lowest BCUT2D eigenvalue weighted by Crippen LogP contribution is -2.55. The highest BCUT2D eigenvalue weighted by Crippen LogP contribution is 2.32. The first-order valence-electron chi connectivity index (χ1n) is 5.36. The van der Waals surface area contributed by atoms with E-state index in [4.69, 9.17) is 10.5 Å². The molecular weight excluding hydrogens is 178 g/mol. The topological polar surface area (TPSA) is 50.8 Å². The summed E-state index contributed by atoms with van der Waals surface area (Å²) in [4.78, 5) is 6.63. The van der Waals surface area contributed by atoms with Crippen molar-refractivity contribution >= 4 is 5.96 Å². The van der Waals surface area contributed by atoms with Crippen LogP contribution in [0.5, 0.6) is 0 Å². The van der Waals surface area contributed by atoms with E-state index in [2.05, 4.69) is 23.7 Å². The third-order valence-corrected chi connectivity index (χ3v) is 3.41. The molecule has 80 valence electrons. The molecule has 2 rings (SSSR count). The second-order valence-corrected chi connectivity index (χ2v) is 4.33. The molecule has 14 heavy (non-hydrogen) atoms. The normalized spacial score (nSPS) is 33.9. The van der Waals surface area contributed by atoms with Gasteiger partial charge < -0.3 is 15.4 Å². The summed E-state index contributed by atoms with van der Waals surface area (Å²) >= 11 is 0. The summed E-state index contributed by atoms with van der Waals surface area (Å²) < 4.78 is 5.48. The Labute approximate surface area is 85.1 Å². The molecule has 1 spiro atoms. The van der Waals surface area contributed by atoms with E-state index < -0.39 is 0 Å². The van der Waals surface area contributed by atoms with Crippen molar-refractivity contribution in [1.82, 2.24) is 4.90 Å². The van der Waals surface area contributed by atoms with Crippen molar-refractivity contribution in [1.29, 1.82) is 0 Å². The van der Waals surface area contributed by atoms with Crippen molar-refractivity contribution in [2.24, 2.45) is 10.7 Å². The maximum Gasteiger partial charge on any atom is 0.192 e. The first-order chi connectivity index (χ1) is 6.69. The molecule has 1 saturated heterocycles. The average Bonchev–Trinajstić information content (AvgIpc) is 2.76. The van der Waals surface area contributed by atoms with Gasteiger partial charge in [0, 0.05) is 12.6 Å². The predicted molar refractivity (Wildman–Crippen MR) is 56.2 cm³/mol. The molecule has 0 bridgehead atoms. The van der Waals surface area contributed by atoms with Crippen LogP contribution in [0, 0.1) is 0 Å². The van der Waals surface area contributed by atoms with Crippen LogP contribution in [0.4, 0.5) is 0 Å². The number of guanidine groups is 1. The van der Waals surface area contributed by atoms with Gasteiger partial charge in [-0.25, -0.2) is 0 Å². The minimum atomic E-state index is 0.0828. The Morgan fingerprint density at radius 3 is 3.07 bits per heavy atom. The molecule has 0 saturated carbocycles. The summed E-state index contributed by atoms with van der Waals surface area (Å²) in [7, 11) is 0. The Morgan fingerprint density at radius 1 is 1.71 bits per heavy atom. The minimum Gasteiger partial charge on any atom is -0.379 e. The van der Waals surface area contributed by atoms with Gasteiger partial charge in [-0.3, -0.25) is 4.99 Å². The predicted octanol–water partition coefficient (Wildman–Crippen LogP) is 0.574. The lowest BCUT2D eigenvalue weighted by molar-refractivity contribution is 0.112. The molecule has 2 N–H and O–H groups in total. The summed E-state index contributed by atoms with van der Waals surface area (Å²) in [6, 6.07) is 0.461. The summed E-state index contributed by atoms with van der Waals surface area (Å²) in [6.07, 6.45) is 2.15. The van der Waals surface area contributed by atoms with Crippen LogP contribution >= 0.6 is 0 Å². The number of rotatable bonds is 2. The van der Waals surface area contributed by atoms with Crippen molar-refractivity contribution in [3.05, 3.63) is 0 Å². The zero-order valence-electron chi connectivity index (χ0n) is 8.99. The quantitative estimate of drug-likeness (QED) is 0.704. The summed E-state index contributed by atoms with van der Waals surface area (Å²) in [5, 5.41) is 0. The van der Waals surface area contributed by atoms with Gasteiger partial charge in [0.1, 0.15) is 0 Å². The maximum absolute atomic E-state index is 5.93. The highest BCUT2D eigenvalue weighted by atomic mass is 16.5. The van der Waals surface area contributed by atoms with Crippen molar-refractivity contribution < 1.29 is 4.74 Å². The second-order valence-electron chi connectivity index (χ2n) is 4.33. The van der Waals surface area contributed by atoms with Crippen molar-refractivity contribution in [2.45, 2.75) is 38.3 Å². The smallest absolute Gasteiger partial charge is 0.192 e. The Kier molecular flexibility index (Phi) is 2.39. The summed E-state index contributed by atoms with van der Waals surface area (Å²) in [6.45, 7) is 6.81. The molecule has 4 heteroatoms. The fraction of sp³-hybridized carbons (Fsp3) is 0.900. The number of hydrogen-bond donors (Lipinski definition) is 1. The molecule has 4 nitrogen and oxygen atoms in total. The van der Waals surface area contributed by atoms with Gasteiger partial charge in [0.25, 0.3) is 0 Å². The second kappa shape index (κ2) is 3.42. The third-order valence-electron chi connectivity index (χ3n) is 3.41. The van der Waals surface area contributed by atoms with E-state index in [0.717, 1.165) is 32.6 Å². The largest absolute Gasteiger partial charge is 0.379 e. The fourth-order valence-electron chi connectivity index (χ4n) is 2.41. The van der Waals surface area contributed by atoms with Crippen LogP contribution < -0.4 is 5.73 Å². The fourth-order valence-corrected chi connectivity index (χ4v) is 2.41. The molecule has 0 aromatic heterocycles. The van der Waals surface area contributed by atoms with E-state index in [-0.39, 0.29) is 5.54 Å². The monoisotopic (exact) mass is 197 g/mol. The van der Waals surface area contributed by atoms with Crippen LogP contribution in [0.2, 0.25) is 0 Å². The van der Waals surface area contributed by atoms with Crippen molar-refractivity contribution in [3.63, 3.8) is 0 Å². The summed E-state index contributed by atoms with van der Waals surface area (Å²) in [5.74, 6) is 0.699. The molecule has 0 radical (unpaired) electrons. The average molecular weight is 197 g/mol. The van der Waals surface area contributed by atoms with Crippen LogP contribution in [0.15, 0.2) is 4.99 Å². The zero-order chi connectivity index (χ0) is 10.2. The molecular formula is C10H19N3O. The van der Waals surface area contributed by atoms with Crippen LogP contribution in [0.3, 0.4) is 0 Å². The van der Waals surface area contributed by atoms with E-state index in [1.165, 1.54) is 0 Å². The van der Waals surface area contributed by atoms with E-state index >= 15 is 0 Å². The Balaban J connectivity index is 2.20. The number of nitrogens with zero attached hydrogens (tertiary/aromatic N) is 2. The van der Waals surface area contributed by atoms with Crippen LogP contribution in [-0.2, 0) is 4.74 Å². The lowest BCUT2D eigenvalue weighted by Gasteiger charge is -2.39. The molecule has 1 fully saturated rings. The van der Waals surface area contributed by atoms with Gasteiger partial charge >= 0.3 is 0 Å². The van der Waals surface area contributed by atoms with Crippen LogP contribution in [0.25, 0.3) is 0 Å². The first-order valence-corrected chi connectivity index (χ1v) is 5.36. The van der Waals surface area contributed by atoms with Crippen LogP contribution in [0.1, 0.15) is 26.7 Å². The maximum atomic E-state index is 5.93.